The van der Waals surface area contributed by atoms with Crippen LogP contribution in [0.2, 0.25) is 0 Å². The van der Waals surface area contributed by atoms with Crippen molar-refractivity contribution in [2.45, 2.75) is 45.3 Å². The molecule has 0 spiro atoms. The Labute approximate surface area is 113 Å². The van der Waals surface area contributed by atoms with Crippen LogP contribution in [0.3, 0.4) is 0 Å². The number of nitrogens with zero attached hydrogens (tertiary/aromatic N) is 1. The molecule has 0 aromatic rings. The summed E-state index contributed by atoms with van der Waals surface area (Å²) in [5.74, 6) is 0.442. The molecule has 0 radical (unpaired) electrons. The first kappa shape index (κ1) is 14.0. The second kappa shape index (κ2) is 5.27. The maximum atomic E-state index is 11.9. The third-order valence-corrected chi connectivity index (χ3v) is 3.56. The molecule has 2 fully saturated rings. The van der Waals surface area contributed by atoms with Gasteiger partial charge in [0.25, 0.3) is 0 Å². The first-order valence-corrected chi connectivity index (χ1v) is 6.87. The maximum Gasteiger partial charge on any atom is 0.410 e. The van der Waals surface area contributed by atoms with Crippen LogP contribution in [0.5, 0.6) is 0 Å². The van der Waals surface area contributed by atoms with Gasteiger partial charge in [-0.15, -0.1) is 0 Å². The Balaban J connectivity index is 1.79. The number of nitrogens with one attached hydrogen (secondary N) is 2. The molecule has 2 rings (SSSR count). The Morgan fingerprint density at radius 1 is 1.32 bits per heavy atom. The minimum atomic E-state index is -0.447. The van der Waals surface area contributed by atoms with Crippen LogP contribution < -0.4 is 10.6 Å². The number of hydrogen-bond acceptors (Lipinski definition) is 3. The average molecular weight is 269 g/mol. The molecule has 0 unspecified atom stereocenters. The van der Waals surface area contributed by atoms with Gasteiger partial charge in [-0.3, -0.25) is 0 Å². The van der Waals surface area contributed by atoms with Gasteiger partial charge >= 0.3 is 12.1 Å². The van der Waals surface area contributed by atoms with E-state index in [1.807, 2.05) is 20.8 Å². The van der Waals surface area contributed by atoms with Crippen molar-refractivity contribution >= 4 is 12.1 Å². The van der Waals surface area contributed by atoms with Crippen LogP contribution in [-0.2, 0) is 4.74 Å². The van der Waals surface area contributed by atoms with E-state index in [1.165, 1.54) is 0 Å². The molecule has 6 nitrogen and oxygen atoms in total. The van der Waals surface area contributed by atoms with E-state index >= 15 is 0 Å². The summed E-state index contributed by atoms with van der Waals surface area (Å²) in [5.41, 5.74) is -0.447. The van der Waals surface area contributed by atoms with E-state index in [2.05, 4.69) is 10.6 Å². The lowest BCUT2D eigenvalue weighted by molar-refractivity contribution is 0.0173. The summed E-state index contributed by atoms with van der Waals surface area (Å²) in [7, 11) is 0. The van der Waals surface area contributed by atoms with Crippen LogP contribution in [0.1, 0.15) is 33.6 Å². The molecule has 3 amide bonds. The molecule has 6 heteroatoms. The topological polar surface area (TPSA) is 70.7 Å². The van der Waals surface area contributed by atoms with Crippen molar-refractivity contribution in [3.63, 3.8) is 0 Å². The highest BCUT2D eigenvalue weighted by Crippen LogP contribution is 2.23. The zero-order valence-corrected chi connectivity index (χ0v) is 11.9. The minimum absolute atomic E-state index is 0.0837. The number of urea groups is 1. The first-order valence-electron chi connectivity index (χ1n) is 6.87. The van der Waals surface area contributed by atoms with E-state index < -0.39 is 5.60 Å². The predicted octanol–water partition coefficient (Wildman–Crippen LogP) is 1.31. The number of ether oxygens (including phenoxy) is 1. The fourth-order valence-electron chi connectivity index (χ4n) is 2.57. The molecule has 0 bridgehead atoms. The number of amides is 3. The summed E-state index contributed by atoms with van der Waals surface area (Å²) in [5, 5.41) is 5.70. The number of rotatable bonds is 1. The Morgan fingerprint density at radius 2 is 1.95 bits per heavy atom. The zero-order chi connectivity index (χ0) is 14.0. The molecule has 0 aliphatic carbocycles. The Bertz CT molecular complexity index is 357. The van der Waals surface area contributed by atoms with Crippen LogP contribution in [0.4, 0.5) is 9.59 Å². The van der Waals surface area contributed by atoms with Crippen LogP contribution in [0, 0.1) is 5.92 Å². The van der Waals surface area contributed by atoms with E-state index in [0.29, 0.717) is 25.6 Å². The molecule has 1 atom stereocenters. The lowest BCUT2D eigenvalue weighted by atomic mass is 9.90. The molecule has 2 heterocycles. The molecule has 2 saturated heterocycles. The maximum absolute atomic E-state index is 11.9. The lowest BCUT2D eigenvalue weighted by Crippen LogP contribution is -2.46. The number of piperidine rings is 1. The Hall–Kier alpha value is -1.46. The van der Waals surface area contributed by atoms with Crippen LogP contribution in [0.25, 0.3) is 0 Å². The van der Waals surface area contributed by atoms with Crippen LogP contribution >= 0.6 is 0 Å². The fraction of sp³-hybridized carbons (Fsp3) is 0.846. The van der Waals surface area contributed by atoms with Gasteiger partial charge in [0.1, 0.15) is 5.60 Å². The molecular formula is C13H23N3O3. The van der Waals surface area contributed by atoms with Gasteiger partial charge in [-0.05, 0) is 39.5 Å². The lowest BCUT2D eigenvalue weighted by Gasteiger charge is -2.35. The predicted molar refractivity (Wildman–Crippen MR) is 70.9 cm³/mol. The molecule has 19 heavy (non-hydrogen) atoms. The molecule has 0 saturated carbocycles. The third kappa shape index (κ3) is 3.75. The Morgan fingerprint density at radius 3 is 2.42 bits per heavy atom. The molecule has 108 valence electrons. The number of carbonyl (C=O) groups is 2. The zero-order valence-electron chi connectivity index (χ0n) is 11.9. The highest BCUT2D eigenvalue weighted by atomic mass is 16.6. The fourth-order valence-corrected chi connectivity index (χ4v) is 2.57. The standard InChI is InChI=1S/C13H23N3O3/c1-13(2,3)19-12(18)16-6-4-9(5-7-16)10-8-14-11(17)15-10/h9-10H,4-8H2,1-3H3,(H2,14,15,17)/t10-/m0/s1. The van der Waals surface area contributed by atoms with Gasteiger partial charge in [-0.25, -0.2) is 9.59 Å². The van der Waals surface area contributed by atoms with E-state index in [4.69, 9.17) is 4.74 Å². The summed E-state index contributed by atoms with van der Waals surface area (Å²) < 4.78 is 5.36. The van der Waals surface area contributed by atoms with Gasteiger partial charge < -0.3 is 20.3 Å². The number of likely N-dealkylation sites (tertiary alicyclic amines) is 1. The molecular weight excluding hydrogens is 246 g/mol. The number of carbonyl (C=O) groups excluding carboxylic acids is 2. The Kier molecular flexibility index (Phi) is 3.87. The smallest absolute Gasteiger partial charge is 0.410 e. The van der Waals surface area contributed by atoms with Crippen molar-refractivity contribution in [1.29, 1.82) is 0 Å². The highest BCUT2D eigenvalue weighted by Gasteiger charge is 2.33. The summed E-state index contributed by atoms with van der Waals surface area (Å²) in [4.78, 5) is 24.8. The molecule has 2 N–H and O–H groups in total. The molecule has 0 aromatic carbocycles. The third-order valence-electron chi connectivity index (χ3n) is 3.56. The first-order chi connectivity index (χ1) is 8.85. The summed E-state index contributed by atoms with van der Waals surface area (Å²) in [6.07, 6.45) is 1.58. The minimum Gasteiger partial charge on any atom is -0.444 e. The van der Waals surface area contributed by atoms with Crippen molar-refractivity contribution in [3.8, 4) is 0 Å². The normalized spacial score (nSPS) is 24.9. The largest absolute Gasteiger partial charge is 0.444 e. The van der Waals surface area contributed by atoms with Crippen molar-refractivity contribution < 1.29 is 14.3 Å². The van der Waals surface area contributed by atoms with Crippen molar-refractivity contribution in [2.75, 3.05) is 19.6 Å². The summed E-state index contributed by atoms with van der Waals surface area (Å²) >= 11 is 0. The van der Waals surface area contributed by atoms with Crippen LogP contribution in [-0.4, -0.2) is 48.3 Å². The van der Waals surface area contributed by atoms with Gasteiger partial charge in [0, 0.05) is 19.6 Å². The van der Waals surface area contributed by atoms with E-state index in [-0.39, 0.29) is 18.2 Å². The van der Waals surface area contributed by atoms with Crippen molar-refractivity contribution in [3.05, 3.63) is 0 Å². The van der Waals surface area contributed by atoms with Gasteiger partial charge in [0.2, 0.25) is 0 Å². The monoisotopic (exact) mass is 269 g/mol. The van der Waals surface area contributed by atoms with Gasteiger partial charge in [0.05, 0.1) is 6.04 Å². The van der Waals surface area contributed by atoms with Crippen molar-refractivity contribution in [2.24, 2.45) is 5.92 Å². The second-order valence-electron chi connectivity index (χ2n) is 6.27. The van der Waals surface area contributed by atoms with E-state index in [1.54, 1.807) is 4.90 Å². The van der Waals surface area contributed by atoms with Gasteiger partial charge in [-0.2, -0.15) is 0 Å². The van der Waals surface area contributed by atoms with Crippen molar-refractivity contribution in [1.82, 2.24) is 15.5 Å². The SMILES string of the molecule is CC(C)(C)OC(=O)N1CCC([C@@H]2CNC(=O)N2)CC1. The van der Waals surface area contributed by atoms with E-state index in [9.17, 15) is 9.59 Å². The molecule has 2 aliphatic heterocycles. The molecule has 2 aliphatic rings. The quantitative estimate of drug-likeness (QED) is 0.754. The van der Waals surface area contributed by atoms with E-state index in [0.717, 1.165) is 12.8 Å². The molecule has 0 aromatic heterocycles. The highest BCUT2D eigenvalue weighted by molar-refractivity contribution is 5.76. The van der Waals surface area contributed by atoms with Gasteiger partial charge in [-0.1, -0.05) is 0 Å². The second-order valence-corrected chi connectivity index (χ2v) is 6.27. The van der Waals surface area contributed by atoms with Crippen LogP contribution in [0.15, 0.2) is 0 Å². The summed E-state index contributed by atoms with van der Waals surface area (Å²) in [6.45, 7) is 7.71. The number of hydrogen-bond donors (Lipinski definition) is 2. The average Bonchev–Trinajstić information content (AvgIpc) is 2.74. The van der Waals surface area contributed by atoms with Gasteiger partial charge in [0.15, 0.2) is 0 Å². The summed E-state index contributed by atoms with van der Waals surface area (Å²) in [6, 6.07) is 0.118.